The van der Waals surface area contributed by atoms with Gasteiger partial charge in [-0.1, -0.05) is 0 Å². The van der Waals surface area contributed by atoms with Gasteiger partial charge in [-0.25, -0.2) is 4.98 Å². The van der Waals surface area contributed by atoms with Gasteiger partial charge in [0.1, 0.15) is 11.7 Å². The number of aryl methyl sites for hydroxylation is 1. The molecule has 1 heterocycles. The Morgan fingerprint density at radius 1 is 1.62 bits per heavy atom. The highest BCUT2D eigenvalue weighted by atomic mass is 15.2. The van der Waals surface area contributed by atoms with Crippen molar-refractivity contribution in [1.82, 2.24) is 4.98 Å². The number of nitrogen functional groups attached to an aromatic ring is 1. The lowest BCUT2D eigenvalue weighted by atomic mass is 10.1. The van der Waals surface area contributed by atoms with Crippen LogP contribution in [0.15, 0.2) is 12.3 Å². The van der Waals surface area contributed by atoms with Crippen molar-refractivity contribution in [1.29, 1.82) is 5.41 Å². The topological polar surface area (TPSA) is 66.0 Å². The summed E-state index contributed by atoms with van der Waals surface area (Å²) in [7, 11) is 0. The van der Waals surface area contributed by atoms with Crippen LogP contribution in [0.4, 0.5) is 5.82 Å². The average Bonchev–Trinajstić information content (AvgIpc) is 3.02. The van der Waals surface area contributed by atoms with E-state index in [4.69, 9.17) is 11.1 Å². The summed E-state index contributed by atoms with van der Waals surface area (Å²) in [6.07, 6.45) is 4.24. The first-order chi connectivity index (χ1) is 7.65. The minimum Gasteiger partial charge on any atom is -0.384 e. The largest absolute Gasteiger partial charge is 0.384 e. The molecule has 0 amide bonds. The Morgan fingerprint density at radius 2 is 2.31 bits per heavy atom. The fourth-order valence-electron chi connectivity index (χ4n) is 2.06. The minimum absolute atomic E-state index is 0.111. The molecule has 1 aliphatic rings. The third kappa shape index (κ3) is 1.87. The number of nitrogens with zero attached hydrogens (tertiary/aromatic N) is 2. The molecule has 1 fully saturated rings. The lowest BCUT2D eigenvalue weighted by Crippen LogP contribution is -2.29. The molecule has 0 spiro atoms. The number of nitrogens with two attached hydrogens (primary N) is 1. The molecule has 0 radical (unpaired) electrons. The SMILES string of the molecule is CCN(c1nccc(C)c1C(=N)N)C1CC1. The number of aromatic nitrogens is 1. The van der Waals surface area contributed by atoms with E-state index >= 15 is 0 Å². The summed E-state index contributed by atoms with van der Waals surface area (Å²) >= 11 is 0. The standard InChI is InChI=1S/C12H18N4/c1-3-16(9-4-5-9)12-10(11(13)14)8(2)6-7-15-12/h6-7,9H,3-5H2,1-2H3,(H3,13,14). The number of rotatable bonds is 4. The quantitative estimate of drug-likeness (QED) is 0.596. The van der Waals surface area contributed by atoms with Gasteiger partial charge in [0.15, 0.2) is 0 Å². The lowest BCUT2D eigenvalue weighted by Gasteiger charge is -2.24. The van der Waals surface area contributed by atoms with Gasteiger partial charge in [-0.2, -0.15) is 0 Å². The van der Waals surface area contributed by atoms with Gasteiger partial charge in [0.25, 0.3) is 0 Å². The molecular weight excluding hydrogens is 200 g/mol. The molecule has 86 valence electrons. The molecule has 1 aromatic rings. The predicted molar refractivity (Wildman–Crippen MR) is 66.0 cm³/mol. The summed E-state index contributed by atoms with van der Waals surface area (Å²) in [6, 6.07) is 2.50. The Hall–Kier alpha value is -1.58. The van der Waals surface area contributed by atoms with Gasteiger partial charge in [0, 0.05) is 18.8 Å². The molecule has 1 aliphatic carbocycles. The minimum atomic E-state index is 0.111. The van der Waals surface area contributed by atoms with Gasteiger partial charge < -0.3 is 10.6 Å². The van der Waals surface area contributed by atoms with Crippen LogP contribution in [-0.2, 0) is 0 Å². The first-order valence-electron chi connectivity index (χ1n) is 5.71. The van der Waals surface area contributed by atoms with Crippen molar-refractivity contribution in [2.24, 2.45) is 5.73 Å². The van der Waals surface area contributed by atoms with Crippen LogP contribution in [0.25, 0.3) is 0 Å². The first kappa shape index (κ1) is 10.9. The summed E-state index contributed by atoms with van der Waals surface area (Å²) in [4.78, 5) is 6.65. The smallest absolute Gasteiger partial charge is 0.140 e. The molecular formula is C12H18N4. The summed E-state index contributed by atoms with van der Waals surface area (Å²) < 4.78 is 0. The molecule has 0 saturated heterocycles. The number of pyridine rings is 1. The Bertz CT molecular complexity index is 409. The predicted octanol–water partition coefficient (Wildman–Crippen LogP) is 1.66. The van der Waals surface area contributed by atoms with E-state index in [-0.39, 0.29) is 5.84 Å². The van der Waals surface area contributed by atoms with Gasteiger partial charge in [0.05, 0.1) is 5.56 Å². The highest BCUT2D eigenvalue weighted by molar-refractivity contribution is 6.01. The molecule has 3 N–H and O–H groups in total. The van der Waals surface area contributed by atoms with E-state index in [1.165, 1.54) is 12.8 Å². The number of anilines is 1. The van der Waals surface area contributed by atoms with Crippen molar-refractivity contribution in [2.75, 3.05) is 11.4 Å². The van der Waals surface area contributed by atoms with Crippen molar-refractivity contribution >= 4 is 11.7 Å². The van der Waals surface area contributed by atoms with Crippen molar-refractivity contribution < 1.29 is 0 Å². The van der Waals surface area contributed by atoms with E-state index in [2.05, 4.69) is 16.8 Å². The number of hydrogen-bond donors (Lipinski definition) is 2. The third-order valence-electron chi connectivity index (χ3n) is 3.01. The monoisotopic (exact) mass is 218 g/mol. The van der Waals surface area contributed by atoms with Gasteiger partial charge in [-0.3, -0.25) is 5.41 Å². The number of hydrogen-bond acceptors (Lipinski definition) is 3. The molecule has 0 unspecified atom stereocenters. The van der Waals surface area contributed by atoms with E-state index < -0.39 is 0 Å². The van der Waals surface area contributed by atoms with E-state index in [9.17, 15) is 0 Å². The van der Waals surface area contributed by atoms with E-state index in [0.29, 0.717) is 6.04 Å². The highest BCUT2D eigenvalue weighted by Gasteiger charge is 2.30. The van der Waals surface area contributed by atoms with Crippen molar-refractivity contribution in [3.8, 4) is 0 Å². The molecule has 0 aromatic carbocycles. The van der Waals surface area contributed by atoms with Crippen LogP contribution in [0.5, 0.6) is 0 Å². The normalized spacial score (nSPS) is 14.9. The van der Waals surface area contributed by atoms with Crippen LogP contribution in [-0.4, -0.2) is 23.4 Å². The second-order valence-electron chi connectivity index (χ2n) is 4.26. The van der Waals surface area contributed by atoms with Crippen LogP contribution in [0, 0.1) is 12.3 Å². The molecule has 0 bridgehead atoms. The van der Waals surface area contributed by atoms with Gasteiger partial charge >= 0.3 is 0 Å². The fraction of sp³-hybridized carbons (Fsp3) is 0.500. The average molecular weight is 218 g/mol. The molecule has 1 saturated carbocycles. The summed E-state index contributed by atoms with van der Waals surface area (Å²) in [6.45, 7) is 5.01. The first-order valence-corrected chi connectivity index (χ1v) is 5.71. The fourth-order valence-corrected chi connectivity index (χ4v) is 2.06. The molecule has 0 aliphatic heterocycles. The van der Waals surface area contributed by atoms with Gasteiger partial charge in [-0.05, 0) is 38.3 Å². The highest BCUT2D eigenvalue weighted by Crippen LogP contribution is 2.32. The number of nitrogens with one attached hydrogen (secondary N) is 1. The Kier molecular flexibility index (Phi) is 2.81. The lowest BCUT2D eigenvalue weighted by molar-refractivity contribution is 0.806. The van der Waals surface area contributed by atoms with E-state index in [1.54, 1.807) is 6.20 Å². The zero-order valence-electron chi connectivity index (χ0n) is 9.83. The van der Waals surface area contributed by atoms with Crippen LogP contribution in [0.1, 0.15) is 30.9 Å². The molecule has 16 heavy (non-hydrogen) atoms. The van der Waals surface area contributed by atoms with Crippen LogP contribution in [0.2, 0.25) is 0 Å². The van der Waals surface area contributed by atoms with E-state index in [0.717, 1.165) is 23.5 Å². The van der Waals surface area contributed by atoms with Crippen LogP contribution >= 0.6 is 0 Å². The summed E-state index contributed by atoms with van der Waals surface area (Å²) in [5.41, 5.74) is 7.46. The van der Waals surface area contributed by atoms with E-state index in [1.807, 2.05) is 13.0 Å². The number of amidine groups is 1. The Labute approximate surface area is 96.0 Å². The molecule has 2 rings (SSSR count). The second-order valence-corrected chi connectivity index (χ2v) is 4.26. The maximum Gasteiger partial charge on any atom is 0.140 e. The third-order valence-corrected chi connectivity index (χ3v) is 3.01. The molecule has 0 atom stereocenters. The van der Waals surface area contributed by atoms with Crippen LogP contribution < -0.4 is 10.6 Å². The van der Waals surface area contributed by atoms with Crippen molar-refractivity contribution in [3.63, 3.8) is 0 Å². The van der Waals surface area contributed by atoms with Gasteiger partial charge in [0.2, 0.25) is 0 Å². The Balaban J connectivity index is 2.45. The second kappa shape index (κ2) is 4.12. The van der Waals surface area contributed by atoms with Crippen molar-refractivity contribution in [2.45, 2.75) is 32.7 Å². The maximum absolute atomic E-state index is 7.66. The molecule has 4 nitrogen and oxygen atoms in total. The Morgan fingerprint density at radius 3 is 2.81 bits per heavy atom. The zero-order chi connectivity index (χ0) is 11.7. The molecule has 1 aromatic heterocycles. The maximum atomic E-state index is 7.66. The zero-order valence-corrected chi connectivity index (χ0v) is 9.83. The van der Waals surface area contributed by atoms with Gasteiger partial charge in [-0.15, -0.1) is 0 Å². The summed E-state index contributed by atoms with van der Waals surface area (Å²) in [5, 5.41) is 7.66. The van der Waals surface area contributed by atoms with Crippen LogP contribution in [0.3, 0.4) is 0 Å². The summed E-state index contributed by atoms with van der Waals surface area (Å²) in [5.74, 6) is 0.984. The molecule has 4 heteroatoms. The van der Waals surface area contributed by atoms with Crippen molar-refractivity contribution in [3.05, 3.63) is 23.4 Å².